The fourth-order valence-corrected chi connectivity index (χ4v) is 2.66. The zero-order chi connectivity index (χ0) is 17.5. The van der Waals surface area contributed by atoms with E-state index in [2.05, 4.69) is 28.2 Å². The number of hydrogen-bond acceptors (Lipinski definition) is 4. The molecule has 24 heavy (non-hydrogen) atoms. The fourth-order valence-electron chi connectivity index (χ4n) is 2.40. The van der Waals surface area contributed by atoms with Crippen LogP contribution in [0.2, 0.25) is 0 Å². The number of esters is 1. The summed E-state index contributed by atoms with van der Waals surface area (Å²) in [7, 11) is 0. The van der Waals surface area contributed by atoms with E-state index in [1.807, 2.05) is 0 Å². The van der Waals surface area contributed by atoms with Gasteiger partial charge in [-0.15, -0.1) is 0 Å². The van der Waals surface area contributed by atoms with Crippen LogP contribution >= 0.6 is 15.9 Å². The molecule has 1 aromatic rings. The molecule has 1 heterocycles. The highest BCUT2D eigenvalue weighted by Crippen LogP contribution is 2.15. The molecule has 0 atom stereocenters. The van der Waals surface area contributed by atoms with Crippen molar-refractivity contribution in [3.8, 4) is 0 Å². The average Bonchev–Trinajstić information content (AvgIpc) is 2.58. The summed E-state index contributed by atoms with van der Waals surface area (Å²) in [6.45, 7) is 3.03. The molecule has 1 aliphatic rings. The van der Waals surface area contributed by atoms with Gasteiger partial charge in [-0.05, 0) is 43.0 Å². The number of carbonyl (C=O) groups is 3. The molecule has 0 aromatic heterocycles. The number of hydrogen-bond donors (Lipinski definition) is 1. The zero-order valence-corrected chi connectivity index (χ0v) is 15.2. The van der Waals surface area contributed by atoms with Crippen molar-refractivity contribution in [2.75, 3.05) is 26.2 Å². The van der Waals surface area contributed by atoms with Gasteiger partial charge in [-0.1, -0.05) is 22.9 Å². The number of nitrogens with one attached hydrogen (secondary N) is 1. The molecule has 7 heteroatoms. The first-order valence-corrected chi connectivity index (χ1v) is 8.72. The average molecular weight is 397 g/mol. The second kappa shape index (κ2) is 8.82. The summed E-state index contributed by atoms with van der Waals surface area (Å²) in [4.78, 5) is 37.2. The van der Waals surface area contributed by atoms with Crippen molar-refractivity contribution in [2.45, 2.75) is 19.8 Å². The minimum absolute atomic E-state index is 0.186. The Morgan fingerprint density at radius 3 is 2.46 bits per heavy atom. The Morgan fingerprint density at radius 1 is 1.21 bits per heavy atom. The summed E-state index contributed by atoms with van der Waals surface area (Å²) < 4.78 is 5.80. The van der Waals surface area contributed by atoms with Crippen molar-refractivity contribution in [1.82, 2.24) is 10.2 Å². The van der Waals surface area contributed by atoms with E-state index in [1.54, 1.807) is 29.2 Å². The van der Waals surface area contributed by atoms with Crippen LogP contribution in [0.4, 0.5) is 0 Å². The molecule has 2 amide bonds. The molecular weight excluding hydrogens is 376 g/mol. The van der Waals surface area contributed by atoms with E-state index in [1.165, 1.54) is 0 Å². The normalized spacial score (nSPS) is 15.0. The number of nitrogens with zero attached hydrogens (tertiary/aromatic N) is 1. The van der Waals surface area contributed by atoms with Crippen LogP contribution in [0.15, 0.2) is 28.7 Å². The van der Waals surface area contributed by atoms with E-state index < -0.39 is 5.97 Å². The smallest absolute Gasteiger partial charge is 0.325 e. The second-order valence-electron chi connectivity index (χ2n) is 5.91. The summed E-state index contributed by atoms with van der Waals surface area (Å²) in [6.07, 6.45) is 1.95. The fraction of sp³-hybridized carbons (Fsp3) is 0.471. The largest absolute Gasteiger partial charge is 0.454 e. The van der Waals surface area contributed by atoms with E-state index in [0.717, 1.165) is 17.3 Å². The molecule has 0 bridgehead atoms. The van der Waals surface area contributed by atoms with E-state index in [4.69, 9.17) is 4.74 Å². The maximum absolute atomic E-state index is 12.0. The molecule has 1 fully saturated rings. The minimum Gasteiger partial charge on any atom is -0.454 e. The molecular formula is C17H21BrN2O4. The molecule has 130 valence electrons. The van der Waals surface area contributed by atoms with Crippen LogP contribution in [-0.4, -0.2) is 48.9 Å². The maximum Gasteiger partial charge on any atom is 0.325 e. The topological polar surface area (TPSA) is 75.7 Å². The molecule has 6 nitrogen and oxygen atoms in total. The second-order valence-corrected chi connectivity index (χ2v) is 6.83. The minimum atomic E-state index is -0.626. The molecule has 1 aromatic carbocycles. The van der Waals surface area contributed by atoms with Gasteiger partial charge in [0.2, 0.25) is 0 Å². The Bertz CT molecular complexity index is 595. The van der Waals surface area contributed by atoms with Crippen LogP contribution in [0.5, 0.6) is 0 Å². The number of piperidine rings is 1. The number of rotatable bonds is 5. The van der Waals surface area contributed by atoms with Gasteiger partial charge in [-0.3, -0.25) is 14.4 Å². The first-order valence-electron chi connectivity index (χ1n) is 7.93. The highest BCUT2D eigenvalue weighted by atomic mass is 79.9. The van der Waals surface area contributed by atoms with Gasteiger partial charge in [0.15, 0.2) is 6.61 Å². The van der Waals surface area contributed by atoms with Crippen molar-refractivity contribution in [2.24, 2.45) is 5.92 Å². The molecule has 0 spiro atoms. The Labute approximate surface area is 149 Å². The van der Waals surface area contributed by atoms with Crippen molar-refractivity contribution >= 4 is 33.7 Å². The number of ether oxygens (including phenoxy) is 1. The maximum atomic E-state index is 12.0. The van der Waals surface area contributed by atoms with Crippen molar-refractivity contribution in [3.05, 3.63) is 34.3 Å². The summed E-state index contributed by atoms with van der Waals surface area (Å²) >= 11 is 3.29. The molecule has 0 radical (unpaired) electrons. The summed E-state index contributed by atoms with van der Waals surface area (Å²) in [5.41, 5.74) is 0.449. The standard InChI is InChI=1S/C17H21BrN2O4/c1-12-6-8-20(9-7-12)15(21)11-24-16(22)10-19-17(23)13-2-4-14(18)5-3-13/h2-5,12H,6-11H2,1H3,(H,19,23). The number of benzene rings is 1. The van der Waals surface area contributed by atoms with Crippen molar-refractivity contribution in [3.63, 3.8) is 0 Å². The third kappa shape index (κ3) is 5.63. The summed E-state index contributed by atoms with van der Waals surface area (Å²) in [6, 6.07) is 6.77. The van der Waals surface area contributed by atoms with Crippen LogP contribution in [-0.2, 0) is 14.3 Å². The number of amides is 2. The Hall–Kier alpha value is -1.89. The van der Waals surface area contributed by atoms with Gasteiger partial charge in [-0.25, -0.2) is 0 Å². The SMILES string of the molecule is CC1CCN(C(=O)COC(=O)CNC(=O)c2ccc(Br)cc2)CC1. The Kier molecular flexibility index (Phi) is 6.78. The quantitative estimate of drug-likeness (QED) is 0.772. The Morgan fingerprint density at radius 2 is 1.83 bits per heavy atom. The van der Waals surface area contributed by atoms with Gasteiger partial charge in [-0.2, -0.15) is 0 Å². The molecule has 0 saturated carbocycles. The van der Waals surface area contributed by atoms with Gasteiger partial charge < -0.3 is 15.0 Å². The first kappa shape index (κ1) is 18.4. The van der Waals surface area contributed by atoms with E-state index in [0.29, 0.717) is 24.6 Å². The van der Waals surface area contributed by atoms with E-state index >= 15 is 0 Å². The van der Waals surface area contributed by atoms with Crippen molar-refractivity contribution in [1.29, 1.82) is 0 Å². The predicted octanol–water partition coefficient (Wildman–Crippen LogP) is 1.98. The third-order valence-electron chi connectivity index (χ3n) is 3.99. The van der Waals surface area contributed by atoms with Gasteiger partial charge in [0.1, 0.15) is 6.54 Å². The summed E-state index contributed by atoms with van der Waals surface area (Å²) in [5.74, 6) is -0.546. The van der Waals surface area contributed by atoms with Crippen LogP contribution in [0.3, 0.4) is 0 Å². The lowest BCUT2D eigenvalue weighted by Gasteiger charge is -2.30. The molecule has 0 unspecified atom stereocenters. The zero-order valence-electron chi connectivity index (χ0n) is 13.6. The molecule has 2 rings (SSSR count). The molecule has 1 aliphatic heterocycles. The molecule has 1 N–H and O–H groups in total. The van der Waals surface area contributed by atoms with Gasteiger partial charge in [0.25, 0.3) is 11.8 Å². The van der Waals surface area contributed by atoms with Crippen LogP contribution in [0, 0.1) is 5.92 Å². The number of halogens is 1. The van der Waals surface area contributed by atoms with Crippen LogP contribution in [0.1, 0.15) is 30.1 Å². The number of likely N-dealkylation sites (tertiary alicyclic amines) is 1. The lowest BCUT2D eigenvalue weighted by atomic mass is 9.99. The van der Waals surface area contributed by atoms with Gasteiger partial charge >= 0.3 is 5.97 Å². The van der Waals surface area contributed by atoms with Crippen LogP contribution < -0.4 is 5.32 Å². The lowest BCUT2D eigenvalue weighted by molar-refractivity contribution is -0.151. The van der Waals surface area contributed by atoms with Gasteiger partial charge in [0, 0.05) is 23.1 Å². The third-order valence-corrected chi connectivity index (χ3v) is 4.52. The highest BCUT2D eigenvalue weighted by Gasteiger charge is 2.21. The highest BCUT2D eigenvalue weighted by molar-refractivity contribution is 9.10. The lowest BCUT2D eigenvalue weighted by Crippen LogP contribution is -2.41. The van der Waals surface area contributed by atoms with E-state index in [-0.39, 0.29) is 25.0 Å². The van der Waals surface area contributed by atoms with E-state index in [9.17, 15) is 14.4 Å². The molecule has 0 aliphatic carbocycles. The van der Waals surface area contributed by atoms with Crippen molar-refractivity contribution < 1.29 is 19.1 Å². The monoisotopic (exact) mass is 396 g/mol. The number of carbonyl (C=O) groups excluding carboxylic acids is 3. The van der Waals surface area contributed by atoms with Crippen LogP contribution in [0.25, 0.3) is 0 Å². The molecule has 1 saturated heterocycles. The summed E-state index contributed by atoms with van der Waals surface area (Å²) in [5, 5.41) is 2.47. The van der Waals surface area contributed by atoms with Gasteiger partial charge in [0.05, 0.1) is 0 Å². The predicted molar refractivity (Wildman–Crippen MR) is 92.4 cm³/mol. The first-order chi connectivity index (χ1) is 11.5. The Balaban J connectivity index is 1.68.